The minimum atomic E-state index is -0.856. The van der Waals surface area contributed by atoms with E-state index in [-0.39, 0.29) is 12.5 Å². The number of nitrogens with one attached hydrogen (secondary N) is 2. The molecule has 6 nitrogen and oxygen atoms in total. The van der Waals surface area contributed by atoms with Crippen LogP contribution in [0.5, 0.6) is 0 Å². The molecule has 1 aliphatic heterocycles. The summed E-state index contributed by atoms with van der Waals surface area (Å²) in [5.41, 5.74) is 0.649. The zero-order valence-electron chi connectivity index (χ0n) is 12.0. The molecule has 0 radical (unpaired) electrons. The van der Waals surface area contributed by atoms with E-state index in [9.17, 15) is 9.59 Å². The standard InChI is InChI=1S/C14H20N2O4S/c1-14(10-5-8-21-11(10)4-7-20-14)9-16-13(19)15-6-2-3-12(17)18/h5,8H,2-4,6-7,9H2,1H3,(H,17,18)(H2,15,16,19). The molecule has 0 aliphatic carbocycles. The molecule has 1 unspecified atom stereocenters. The number of hydrogen-bond donors (Lipinski definition) is 3. The Balaban J connectivity index is 1.78. The molecule has 0 spiro atoms. The van der Waals surface area contributed by atoms with E-state index in [0.717, 1.165) is 12.0 Å². The van der Waals surface area contributed by atoms with Gasteiger partial charge in [-0.2, -0.15) is 0 Å². The van der Waals surface area contributed by atoms with Crippen molar-refractivity contribution >= 4 is 23.3 Å². The quantitative estimate of drug-likeness (QED) is 0.698. The lowest BCUT2D eigenvalue weighted by atomic mass is 9.93. The van der Waals surface area contributed by atoms with Gasteiger partial charge in [0.15, 0.2) is 0 Å². The van der Waals surface area contributed by atoms with Crippen molar-refractivity contribution in [3.05, 3.63) is 21.9 Å². The zero-order valence-corrected chi connectivity index (χ0v) is 12.8. The Morgan fingerprint density at radius 1 is 1.48 bits per heavy atom. The lowest BCUT2D eigenvalue weighted by Crippen LogP contribution is -2.46. The number of carboxylic acids is 1. The van der Waals surface area contributed by atoms with Gasteiger partial charge in [-0.1, -0.05) is 0 Å². The molecule has 0 aromatic carbocycles. The van der Waals surface area contributed by atoms with Crippen LogP contribution in [0.25, 0.3) is 0 Å². The summed E-state index contributed by atoms with van der Waals surface area (Å²) in [6, 6.07) is 1.75. The molecular weight excluding hydrogens is 292 g/mol. The van der Waals surface area contributed by atoms with E-state index >= 15 is 0 Å². The summed E-state index contributed by atoms with van der Waals surface area (Å²) in [6.45, 7) is 3.37. The molecule has 2 heterocycles. The highest BCUT2D eigenvalue weighted by Crippen LogP contribution is 2.35. The van der Waals surface area contributed by atoms with Gasteiger partial charge in [0.25, 0.3) is 0 Å². The van der Waals surface area contributed by atoms with Crippen molar-refractivity contribution in [1.82, 2.24) is 10.6 Å². The van der Waals surface area contributed by atoms with E-state index in [1.165, 1.54) is 4.88 Å². The molecule has 116 valence electrons. The molecule has 1 atom stereocenters. The van der Waals surface area contributed by atoms with E-state index in [2.05, 4.69) is 10.6 Å². The van der Waals surface area contributed by atoms with Gasteiger partial charge in [0, 0.05) is 24.3 Å². The minimum absolute atomic E-state index is 0.0549. The predicted octanol–water partition coefficient (Wildman–Crippen LogP) is 1.70. The number of fused-ring (bicyclic) bond motifs is 1. The Labute approximate surface area is 127 Å². The maximum atomic E-state index is 11.7. The second kappa shape index (κ2) is 6.91. The highest BCUT2D eigenvalue weighted by atomic mass is 32.1. The number of amides is 2. The number of ether oxygens (including phenoxy) is 1. The average molecular weight is 312 g/mol. The molecule has 1 aliphatic rings. The molecule has 2 rings (SSSR count). The number of carbonyl (C=O) groups is 2. The second-order valence-electron chi connectivity index (χ2n) is 5.19. The molecular formula is C14H20N2O4S. The van der Waals surface area contributed by atoms with Crippen molar-refractivity contribution in [2.75, 3.05) is 19.7 Å². The van der Waals surface area contributed by atoms with Crippen molar-refractivity contribution in [3.8, 4) is 0 Å². The Morgan fingerprint density at radius 2 is 2.29 bits per heavy atom. The predicted molar refractivity (Wildman–Crippen MR) is 79.6 cm³/mol. The van der Waals surface area contributed by atoms with Crippen LogP contribution >= 0.6 is 11.3 Å². The smallest absolute Gasteiger partial charge is 0.314 e. The first-order valence-corrected chi connectivity index (χ1v) is 7.83. The van der Waals surface area contributed by atoms with Gasteiger partial charge < -0.3 is 20.5 Å². The third-order valence-electron chi connectivity index (χ3n) is 3.50. The van der Waals surface area contributed by atoms with Crippen molar-refractivity contribution in [3.63, 3.8) is 0 Å². The molecule has 0 saturated heterocycles. The van der Waals surface area contributed by atoms with Crippen molar-refractivity contribution in [2.45, 2.75) is 31.8 Å². The molecule has 2 amide bonds. The molecule has 0 bridgehead atoms. The summed E-state index contributed by atoms with van der Waals surface area (Å²) in [5, 5.41) is 16.0. The number of urea groups is 1. The first kappa shape index (κ1) is 15.8. The Kier molecular flexibility index (Phi) is 5.19. The molecule has 1 aromatic heterocycles. The summed E-state index contributed by atoms with van der Waals surface area (Å²) in [7, 11) is 0. The van der Waals surface area contributed by atoms with Crippen LogP contribution in [0.4, 0.5) is 4.79 Å². The first-order chi connectivity index (χ1) is 10.0. The first-order valence-electron chi connectivity index (χ1n) is 6.95. The normalized spacial score (nSPS) is 20.6. The fourth-order valence-corrected chi connectivity index (χ4v) is 3.33. The highest BCUT2D eigenvalue weighted by molar-refractivity contribution is 7.10. The van der Waals surface area contributed by atoms with Crippen LogP contribution in [-0.2, 0) is 21.6 Å². The molecule has 1 aromatic rings. The van der Waals surface area contributed by atoms with Gasteiger partial charge in [0.2, 0.25) is 0 Å². The van der Waals surface area contributed by atoms with E-state index in [1.807, 2.05) is 18.4 Å². The summed E-state index contributed by atoms with van der Waals surface area (Å²) in [4.78, 5) is 23.4. The minimum Gasteiger partial charge on any atom is -0.481 e. The van der Waals surface area contributed by atoms with Crippen molar-refractivity contribution < 1.29 is 19.4 Å². The van der Waals surface area contributed by atoms with Gasteiger partial charge >= 0.3 is 12.0 Å². The van der Waals surface area contributed by atoms with Crippen LogP contribution in [0.1, 0.15) is 30.2 Å². The largest absolute Gasteiger partial charge is 0.481 e. The summed E-state index contributed by atoms with van der Waals surface area (Å²) in [6.07, 6.45) is 1.40. The lowest BCUT2D eigenvalue weighted by Gasteiger charge is -2.34. The Bertz CT molecular complexity index is 517. The number of carboxylic acid groups (broad SMARTS) is 1. The van der Waals surface area contributed by atoms with Crippen LogP contribution < -0.4 is 10.6 Å². The SMILES string of the molecule is CC1(CNC(=O)NCCCC(=O)O)OCCc2sccc21. The Hall–Kier alpha value is -1.60. The molecule has 7 heteroatoms. The van der Waals surface area contributed by atoms with Gasteiger partial charge in [-0.05, 0) is 30.4 Å². The van der Waals surface area contributed by atoms with Crippen LogP contribution in [-0.4, -0.2) is 36.8 Å². The van der Waals surface area contributed by atoms with E-state index in [0.29, 0.717) is 26.1 Å². The number of aliphatic carboxylic acids is 1. The van der Waals surface area contributed by atoms with Crippen LogP contribution in [0.3, 0.4) is 0 Å². The molecule has 3 N–H and O–H groups in total. The maximum absolute atomic E-state index is 11.7. The maximum Gasteiger partial charge on any atom is 0.314 e. The van der Waals surface area contributed by atoms with Gasteiger partial charge in [-0.3, -0.25) is 4.79 Å². The fraction of sp³-hybridized carbons (Fsp3) is 0.571. The van der Waals surface area contributed by atoms with Gasteiger partial charge in [-0.15, -0.1) is 11.3 Å². The summed E-state index contributed by atoms with van der Waals surface area (Å²) < 4.78 is 5.84. The van der Waals surface area contributed by atoms with Crippen LogP contribution in [0.2, 0.25) is 0 Å². The third kappa shape index (κ3) is 4.18. The second-order valence-corrected chi connectivity index (χ2v) is 6.19. The van der Waals surface area contributed by atoms with Crippen LogP contribution in [0.15, 0.2) is 11.4 Å². The van der Waals surface area contributed by atoms with Crippen LogP contribution in [0, 0.1) is 0 Å². The topological polar surface area (TPSA) is 87.7 Å². The van der Waals surface area contributed by atoms with Crippen molar-refractivity contribution in [1.29, 1.82) is 0 Å². The van der Waals surface area contributed by atoms with E-state index in [4.69, 9.17) is 9.84 Å². The third-order valence-corrected chi connectivity index (χ3v) is 4.48. The number of hydrogen-bond acceptors (Lipinski definition) is 4. The molecule has 0 saturated carbocycles. The van der Waals surface area contributed by atoms with E-state index in [1.54, 1.807) is 11.3 Å². The highest BCUT2D eigenvalue weighted by Gasteiger charge is 2.34. The summed E-state index contributed by atoms with van der Waals surface area (Å²) >= 11 is 1.72. The Morgan fingerprint density at radius 3 is 3.05 bits per heavy atom. The fourth-order valence-electron chi connectivity index (χ4n) is 2.35. The lowest BCUT2D eigenvalue weighted by molar-refractivity contribution is -0.137. The average Bonchev–Trinajstić information content (AvgIpc) is 2.92. The van der Waals surface area contributed by atoms with Crippen molar-refractivity contribution in [2.24, 2.45) is 0 Å². The number of thiophene rings is 1. The number of carbonyl (C=O) groups excluding carboxylic acids is 1. The molecule has 0 fully saturated rings. The zero-order chi connectivity index (χ0) is 15.3. The number of rotatable bonds is 6. The van der Waals surface area contributed by atoms with E-state index < -0.39 is 11.6 Å². The van der Waals surface area contributed by atoms with Gasteiger partial charge in [-0.25, -0.2) is 4.79 Å². The van der Waals surface area contributed by atoms with Gasteiger partial charge in [0.1, 0.15) is 5.60 Å². The summed E-state index contributed by atoms with van der Waals surface area (Å²) in [5.74, 6) is -0.856. The molecule has 21 heavy (non-hydrogen) atoms. The van der Waals surface area contributed by atoms with Gasteiger partial charge in [0.05, 0.1) is 13.2 Å². The monoisotopic (exact) mass is 312 g/mol.